The fraction of sp³-hybridized carbons (Fsp3) is 0.385. The molecule has 0 spiro atoms. The highest BCUT2D eigenvalue weighted by Crippen LogP contribution is 2.08. The molecule has 96 valence electrons. The van der Waals surface area contributed by atoms with Gasteiger partial charge < -0.3 is 9.88 Å². The number of halogens is 1. The molecule has 18 heavy (non-hydrogen) atoms. The summed E-state index contributed by atoms with van der Waals surface area (Å²) in [6.45, 7) is 5.81. The molecule has 1 N–H and O–H groups in total. The van der Waals surface area contributed by atoms with Gasteiger partial charge in [-0.05, 0) is 28.1 Å². The zero-order valence-electron chi connectivity index (χ0n) is 10.6. The SMILES string of the molecule is CC(C)NCc1cn(Cc2ccc(Br)cn2)cn1. The van der Waals surface area contributed by atoms with Crippen LogP contribution in [0.5, 0.6) is 0 Å². The number of aromatic nitrogens is 3. The van der Waals surface area contributed by atoms with Crippen LogP contribution in [0.1, 0.15) is 25.2 Å². The molecule has 0 fully saturated rings. The topological polar surface area (TPSA) is 42.7 Å². The van der Waals surface area contributed by atoms with Gasteiger partial charge in [0.25, 0.3) is 0 Å². The quantitative estimate of drug-likeness (QED) is 0.923. The number of hydrogen-bond acceptors (Lipinski definition) is 3. The van der Waals surface area contributed by atoms with Gasteiger partial charge in [-0.3, -0.25) is 4.98 Å². The first-order chi connectivity index (χ1) is 8.63. The van der Waals surface area contributed by atoms with Crippen molar-refractivity contribution in [3.63, 3.8) is 0 Å². The van der Waals surface area contributed by atoms with E-state index in [1.54, 1.807) is 0 Å². The predicted octanol–water partition coefficient (Wildman–Crippen LogP) is 2.59. The zero-order valence-corrected chi connectivity index (χ0v) is 12.2. The van der Waals surface area contributed by atoms with Crippen LogP contribution in [0.2, 0.25) is 0 Å². The Morgan fingerprint density at radius 2 is 2.11 bits per heavy atom. The molecule has 0 saturated carbocycles. The molecule has 0 aliphatic rings. The summed E-state index contributed by atoms with van der Waals surface area (Å²) in [7, 11) is 0. The minimum absolute atomic E-state index is 0.475. The van der Waals surface area contributed by atoms with Crippen molar-refractivity contribution in [1.29, 1.82) is 0 Å². The van der Waals surface area contributed by atoms with Crippen LogP contribution in [0.15, 0.2) is 35.3 Å². The van der Waals surface area contributed by atoms with Crippen molar-refractivity contribution >= 4 is 15.9 Å². The van der Waals surface area contributed by atoms with Crippen LogP contribution in [0.3, 0.4) is 0 Å². The zero-order chi connectivity index (χ0) is 13.0. The minimum Gasteiger partial charge on any atom is -0.331 e. The number of nitrogens with one attached hydrogen (secondary N) is 1. The molecule has 0 bridgehead atoms. The Hall–Kier alpha value is -1.20. The van der Waals surface area contributed by atoms with E-state index in [1.165, 1.54) is 0 Å². The van der Waals surface area contributed by atoms with Crippen molar-refractivity contribution < 1.29 is 0 Å². The van der Waals surface area contributed by atoms with Crippen LogP contribution in [0.25, 0.3) is 0 Å². The first-order valence-corrected chi connectivity index (χ1v) is 6.77. The Balaban J connectivity index is 1.95. The van der Waals surface area contributed by atoms with Gasteiger partial charge in [-0.2, -0.15) is 0 Å². The number of pyridine rings is 1. The maximum atomic E-state index is 4.37. The van der Waals surface area contributed by atoms with Gasteiger partial charge in [-0.1, -0.05) is 13.8 Å². The number of imidazole rings is 1. The van der Waals surface area contributed by atoms with Crippen LogP contribution in [-0.2, 0) is 13.1 Å². The van der Waals surface area contributed by atoms with Gasteiger partial charge in [0.2, 0.25) is 0 Å². The van der Waals surface area contributed by atoms with Crippen molar-refractivity contribution in [3.8, 4) is 0 Å². The molecular formula is C13H17BrN4. The summed E-state index contributed by atoms with van der Waals surface area (Å²) in [6.07, 6.45) is 5.72. The van der Waals surface area contributed by atoms with Gasteiger partial charge in [0, 0.05) is 29.5 Å². The maximum absolute atomic E-state index is 4.37. The number of hydrogen-bond donors (Lipinski definition) is 1. The van der Waals surface area contributed by atoms with E-state index in [0.29, 0.717) is 6.04 Å². The van der Waals surface area contributed by atoms with Crippen LogP contribution < -0.4 is 5.32 Å². The number of rotatable bonds is 5. The van der Waals surface area contributed by atoms with Gasteiger partial charge in [0.15, 0.2) is 0 Å². The van der Waals surface area contributed by atoms with E-state index in [0.717, 1.165) is 29.0 Å². The lowest BCUT2D eigenvalue weighted by molar-refractivity contribution is 0.582. The highest BCUT2D eigenvalue weighted by atomic mass is 79.9. The van der Waals surface area contributed by atoms with Gasteiger partial charge in [-0.25, -0.2) is 4.98 Å². The van der Waals surface area contributed by atoms with Crippen molar-refractivity contribution in [2.75, 3.05) is 0 Å². The number of nitrogens with zero attached hydrogens (tertiary/aromatic N) is 3. The van der Waals surface area contributed by atoms with Crippen LogP contribution >= 0.6 is 15.9 Å². The standard InChI is InChI=1S/C13H17BrN4/c1-10(2)15-6-13-8-18(9-17-13)7-12-4-3-11(14)5-16-12/h3-5,8-10,15H,6-7H2,1-2H3. The predicted molar refractivity (Wildman–Crippen MR) is 75.2 cm³/mol. The third-order valence-corrected chi connectivity index (χ3v) is 2.98. The monoisotopic (exact) mass is 308 g/mol. The summed E-state index contributed by atoms with van der Waals surface area (Å²) in [5.74, 6) is 0. The first-order valence-electron chi connectivity index (χ1n) is 5.98. The van der Waals surface area contributed by atoms with E-state index < -0.39 is 0 Å². The largest absolute Gasteiger partial charge is 0.331 e. The van der Waals surface area contributed by atoms with E-state index in [1.807, 2.05) is 29.2 Å². The highest BCUT2D eigenvalue weighted by Gasteiger charge is 2.01. The van der Waals surface area contributed by atoms with E-state index in [9.17, 15) is 0 Å². The summed E-state index contributed by atoms with van der Waals surface area (Å²) in [5.41, 5.74) is 2.08. The van der Waals surface area contributed by atoms with Gasteiger partial charge >= 0.3 is 0 Å². The minimum atomic E-state index is 0.475. The summed E-state index contributed by atoms with van der Waals surface area (Å²) in [5, 5.41) is 3.35. The average Bonchev–Trinajstić information content (AvgIpc) is 2.77. The Bertz CT molecular complexity index is 490. The highest BCUT2D eigenvalue weighted by molar-refractivity contribution is 9.10. The molecule has 2 heterocycles. The molecule has 2 aromatic rings. The fourth-order valence-electron chi connectivity index (χ4n) is 1.58. The molecule has 2 rings (SSSR count). The van der Waals surface area contributed by atoms with E-state index >= 15 is 0 Å². The summed E-state index contributed by atoms with van der Waals surface area (Å²) >= 11 is 3.38. The Morgan fingerprint density at radius 3 is 2.78 bits per heavy atom. The lowest BCUT2D eigenvalue weighted by atomic mass is 10.3. The van der Waals surface area contributed by atoms with Crippen LogP contribution in [-0.4, -0.2) is 20.6 Å². The van der Waals surface area contributed by atoms with Gasteiger partial charge in [0.1, 0.15) is 0 Å². The fourth-order valence-corrected chi connectivity index (χ4v) is 1.81. The average molecular weight is 309 g/mol. The summed E-state index contributed by atoms with van der Waals surface area (Å²) in [6, 6.07) is 4.49. The third kappa shape index (κ3) is 3.92. The molecule has 5 heteroatoms. The lowest BCUT2D eigenvalue weighted by Crippen LogP contribution is -2.21. The molecule has 0 aromatic carbocycles. The summed E-state index contributed by atoms with van der Waals surface area (Å²) in [4.78, 5) is 8.71. The molecule has 0 unspecified atom stereocenters. The molecule has 0 saturated heterocycles. The normalized spacial score (nSPS) is 11.1. The molecule has 0 amide bonds. The van der Waals surface area contributed by atoms with Crippen molar-refractivity contribution in [1.82, 2.24) is 19.9 Å². The second-order valence-corrected chi connectivity index (χ2v) is 5.46. The van der Waals surface area contributed by atoms with Gasteiger partial charge in [0.05, 0.1) is 24.3 Å². The molecule has 0 atom stereocenters. The lowest BCUT2D eigenvalue weighted by Gasteiger charge is -2.05. The van der Waals surface area contributed by atoms with Crippen molar-refractivity contribution in [2.45, 2.75) is 33.0 Å². The van der Waals surface area contributed by atoms with Crippen molar-refractivity contribution in [2.24, 2.45) is 0 Å². The maximum Gasteiger partial charge on any atom is 0.0953 e. The van der Waals surface area contributed by atoms with Crippen LogP contribution in [0.4, 0.5) is 0 Å². The molecule has 0 aliphatic carbocycles. The van der Waals surface area contributed by atoms with E-state index in [2.05, 4.69) is 51.3 Å². The molecule has 0 radical (unpaired) electrons. The van der Waals surface area contributed by atoms with E-state index in [-0.39, 0.29) is 0 Å². The first kappa shape index (κ1) is 13.2. The molecule has 2 aromatic heterocycles. The molecule has 4 nitrogen and oxygen atoms in total. The Labute approximate surface area is 116 Å². The Kier molecular flexibility index (Phi) is 4.49. The van der Waals surface area contributed by atoms with Crippen molar-refractivity contribution in [3.05, 3.63) is 46.7 Å². The molecular weight excluding hydrogens is 292 g/mol. The Morgan fingerprint density at radius 1 is 1.28 bits per heavy atom. The second kappa shape index (κ2) is 6.11. The molecule has 0 aliphatic heterocycles. The van der Waals surface area contributed by atoms with E-state index in [4.69, 9.17) is 0 Å². The smallest absolute Gasteiger partial charge is 0.0953 e. The summed E-state index contributed by atoms with van der Waals surface area (Å²) < 4.78 is 3.05. The third-order valence-electron chi connectivity index (χ3n) is 2.51. The van der Waals surface area contributed by atoms with Gasteiger partial charge in [-0.15, -0.1) is 0 Å². The van der Waals surface area contributed by atoms with Crippen LogP contribution in [0, 0.1) is 0 Å². The second-order valence-electron chi connectivity index (χ2n) is 4.54.